The van der Waals surface area contributed by atoms with Crippen molar-refractivity contribution in [2.75, 3.05) is 10.6 Å². The number of aromatic hydroxyl groups is 2. The van der Waals surface area contributed by atoms with Gasteiger partial charge in [0.25, 0.3) is 17.7 Å². The number of phenols is 2. The minimum absolute atomic E-state index is 0.0114. The molecule has 0 aromatic heterocycles. The molecule has 312 valence electrons. The van der Waals surface area contributed by atoms with Crippen LogP contribution in [0.4, 0.5) is 22.7 Å². The van der Waals surface area contributed by atoms with E-state index < -0.39 is 48.0 Å². The molecule has 21 heteroatoms. The number of rotatable bonds is 10. The van der Waals surface area contributed by atoms with Gasteiger partial charge in [-0.3, -0.25) is 30.7 Å². The van der Waals surface area contributed by atoms with Gasteiger partial charge in [-0.2, -0.15) is 0 Å². The summed E-state index contributed by atoms with van der Waals surface area (Å²) in [5, 5.41) is 52.9. The minimum Gasteiger partial charge on any atom is -0.506 e. The smallest absolute Gasteiger partial charge is 0.328 e. The largest absolute Gasteiger partial charge is 0.506 e. The van der Waals surface area contributed by atoms with Gasteiger partial charge in [-0.25, -0.2) is 20.3 Å². The van der Waals surface area contributed by atoms with Gasteiger partial charge in [0.05, 0.1) is 45.4 Å². The van der Waals surface area contributed by atoms with E-state index in [-0.39, 0.29) is 42.8 Å². The Morgan fingerprint density at radius 1 is 0.661 bits per heavy atom. The van der Waals surface area contributed by atoms with E-state index in [0.717, 1.165) is 0 Å². The SMILES string of the molecule is NNC(=O)c1ccc(O)c(Cl)c1.[C-]#[N+]c1ccc(N[C@@H](C(=O)NNC(=O)c2ccc(O)c(Cl)c2)[C@@H](C)O)c(C)c1Cl.[C-]#[N+]c1ccc(N[C@@H](C(=O)O)[C@@H](C)O)c(C)c1Cl. The van der Waals surface area contributed by atoms with Gasteiger partial charge in [-0.15, -0.1) is 0 Å². The van der Waals surface area contributed by atoms with E-state index in [9.17, 15) is 34.5 Å². The van der Waals surface area contributed by atoms with Gasteiger partial charge < -0.3 is 36.2 Å². The molecule has 0 saturated carbocycles. The average Bonchev–Trinajstić information content (AvgIpc) is 3.19. The first-order chi connectivity index (χ1) is 27.7. The molecule has 0 saturated heterocycles. The molecule has 0 bridgehead atoms. The fourth-order valence-electron chi connectivity index (χ4n) is 4.60. The zero-order valence-electron chi connectivity index (χ0n) is 31.4. The average molecular weight is 893 g/mol. The predicted molar refractivity (Wildman–Crippen MR) is 224 cm³/mol. The third kappa shape index (κ3) is 13.8. The molecule has 0 aliphatic heterocycles. The number of anilines is 2. The summed E-state index contributed by atoms with van der Waals surface area (Å²) >= 11 is 23.4. The fourth-order valence-corrected chi connectivity index (χ4v) is 5.38. The van der Waals surface area contributed by atoms with Crippen molar-refractivity contribution in [2.45, 2.75) is 52.0 Å². The van der Waals surface area contributed by atoms with Gasteiger partial charge in [0.15, 0.2) is 6.04 Å². The normalized spacial score (nSPS) is 12.2. The highest BCUT2D eigenvalue weighted by molar-refractivity contribution is 6.35. The van der Waals surface area contributed by atoms with Crippen molar-refractivity contribution < 1.29 is 44.7 Å². The molecule has 4 rings (SSSR count). The Hall–Kier alpha value is -6.02. The van der Waals surface area contributed by atoms with Crippen LogP contribution >= 0.6 is 46.4 Å². The highest BCUT2D eigenvalue weighted by atomic mass is 35.5. The molecule has 0 aliphatic rings. The quantitative estimate of drug-likeness (QED) is 0.0364. The van der Waals surface area contributed by atoms with Crippen LogP contribution in [0.5, 0.6) is 11.5 Å². The van der Waals surface area contributed by atoms with Crippen LogP contribution in [0.15, 0.2) is 60.7 Å². The lowest BCUT2D eigenvalue weighted by atomic mass is 10.1. The van der Waals surface area contributed by atoms with Crippen LogP contribution in [-0.4, -0.2) is 73.5 Å². The third-order valence-corrected chi connectivity index (χ3v) is 9.52. The van der Waals surface area contributed by atoms with Crippen molar-refractivity contribution in [3.05, 3.63) is 126 Å². The van der Waals surface area contributed by atoms with E-state index in [1.807, 2.05) is 5.43 Å². The maximum atomic E-state index is 12.5. The number of carbonyl (C=O) groups is 4. The van der Waals surface area contributed by atoms with E-state index in [1.165, 1.54) is 62.4 Å². The zero-order chi connectivity index (χ0) is 44.7. The number of carbonyl (C=O) groups excluding carboxylic acids is 3. The van der Waals surface area contributed by atoms with Crippen LogP contribution in [0.1, 0.15) is 45.7 Å². The number of hydrazine groups is 2. The summed E-state index contributed by atoms with van der Waals surface area (Å²) in [6.45, 7) is 20.1. The third-order valence-electron chi connectivity index (χ3n) is 7.96. The number of aliphatic carboxylic acids is 1. The number of nitrogens with two attached hydrogens (primary N) is 1. The molecular formula is C38H38Cl4N8O9. The number of hydrogen-bond acceptors (Lipinski definition) is 11. The van der Waals surface area contributed by atoms with Crippen molar-refractivity contribution in [3.63, 3.8) is 0 Å². The number of benzene rings is 4. The summed E-state index contributed by atoms with van der Waals surface area (Å²) in [6.07, 6.45) is -2.17. The number of hydrogen-bond donors (Lipinski definition) is 11. The Labute approximate surface area is 358 Å². The van der Waals surface area contributed by atoms with E-state index in [1.54, 1.807) is 26.0 Å². The first-order valence-electron chi connectivity index (χ1n) is 16.7. The summed E-state index contributed by atoms with van der Waals surface area (Å²) in [6, 6.07) is 11.8. The Balaban J connectivity index is 0.000000339. The Kier molecular flexibility index (Phi) is 19.0. The van der Waals surface area contributed by atoms with E-state index in [2.05, 4.69) is 31.2 Å². The Morgan fingerprint density at radius 2 is 1.07 bits per heavy atom. The minimum atomic E-state index is -1.16. The second-order valence-electron chi connectivity index (χ2n) is 12.2. The Bertz CT molecular complexity index is 2280. The number of aliphatic hydroxyl groups excluding tert-OH is 2. The van der Waals surface area contributed by atoms with E-state index >= 15 is 0 Å². The van der Waals surface area contributed by atoms with Crippen molar-refractivity contribution in [3.8, 4) is 11.5 Å². The van der Waals surface area contributed by atoms with Gasteiger partial charge >= 0.3 is 5.97 Å². The molecular weight excluding hydrogens is 854 g/mol. The van der Waals surface area contributed by atoms with Crippen molar-refractivity contribution in [1.82, 2.24) is 16.3 Å². The molecule has 0 radical (unpaired) electrons. The van der Waals surface area contributed by atoms with Gasteiger partial charge in [0.1, 0.15) is 17.5 Å². The number of nitrogens with one attached hydrogen (secondary N) is 5. The molecule has 4 aromatic rings. The number of amides is 3. The van der Waals surface area contributed by atoms with Gasteiger partial charge in [-0.05, 0) is 87.4 Å². The first-order valence-corrected chi connectivity index (χ1v) is 18.2. The number of aliphatic hydroxyl groups is 2. The lowest BCUT2D eigenvalue weighted by Crippen LogP contribution is -2.52. The van der Waals surface area contributed by atoms with Crippen LogP contribution in [0.25, 0.3) is 9.69 Å². The van der Waals surface area contributed by atoms with Crippen molar-refractivity contribution in [2.24, 2.45) is 5.84 Å². The molecule has 3 amide bonds. The van der Waals surface area contributed by atoms with Crippen LogP contribution in [-0.2, 0) is 9.59 Å². The summed E-state index contributed by atoms with van der Waals surface area (Å²) in [5.41, 5.74) is 9.46. The van der Waals surface area contributed by atoms with Crippen LogP contribution in [0.2, 0.25) is 20.1 Å². The number of nitrogens with zero attached hydrogens (tertiary/aromatic N) is 2. The number of carboxylic acids is 1. The highest BCUT2D eigenvalue weighted by Gasteiger charge is 2.26. The van der Waals surface area contributed by atoms with Crippen molar-refractivity contribution in [1.29, 1.82) is 0 Å². The topological polar surface area (TPSA) is 264 Å². The fraction of sp³-hybridized carbons (Fsp3) is 0.211. The summed E-state index contributed by atoms with van der Waals surface area (Å²) < 4.78 is 0. The molecule has 17 nitrogen and oxygen atoms in total. The van der Waals surface area contributed by atoms with E-state index in [0.29, 0.717) is 33.8 Å². The van der Waals surface area contributed by atoms with Gasteiger partial charge in [-0.1, -0.05) is 58.5 Å². The van der Waals surface area contributed by atoms with E-state index in [4.69, 9.17) is 75.6 Å². The molecule has 0 heterocycles. The Morgan fingerprint density at radius 3 is 1.42 bits per heavy atom. The summed E-state index contributed by atoms with van der Waals surface area (Å²) in [4.78, 5) is 53.0. The van der Waals surface area contributed by atoms with Gasteiger partial charge in [0.2, 0.25) is 11.4 Å². The maximum absolute atomic E-state index is 12.5. The van der Waals surface area contributed by atoms with Crippen LogP contribution in [0, 0.1) is 27.0 Å². The first kappa shape index (κ1) is 49.1. The standard InChI is InChI=1S/C19H18Cl2N4O4.C12H13ClN2O3.C7H7ClN2O2/c1-9-13(5-6-14(22-3)16(9)21)23-17(10(2)26)19(29)25-24-18(28)11-4-7-15(27)12(20)8-11;1-6-8(4-5-9(14-3)10(6)13)15-11(7(2)16)12(17)18;8-5-3-4(7(12)10-9)1-2-6(5)11/h4-8,10,17,23,26-27H,1-2H3,(H,24,28)(H,25,29);4-5,7,11,15-16H,1-2H3,(H,17,18);1-3,11H,9H2,(H,10,12)/t10-,17-;7-,11-;/m11./s1. The number of phenolic OH excluding ortho intramolecular Hbond substituents is 2. The molecule has 0 spiro atoms. The molecule has 0 fully saturated rings. The lowest BCUT2D eigenvalue weighted by Gasteiger charge is -2.23. The second kappa shape index (κ2) is 22.8. The van der Waals surface area contributed by atoms with Crippen LogP contribution < -0.4 is 32.8 Å². The van der Waals surface area contributed by atoms with Crippen molar-refractivity contribution >= 4 is 92.8 Å². The second-order valence-corrected chi connectivity index (χ2v) is 13.7. The highest BCUT2D eigenvalue weighted by Crippen LogP contribution is 2.35. The zero-order valence-corrected chi connectivity index (χ0v) is 34.5. The number of halogens is 4. The number of nitrogen functional groups attached to an aromatic ring is 1. The molecule has 0 aliphatic carbocycles. The molecule has 12 N–H and O–H groups in total. The monoisotopic (exact) mass is 890 g/mol. The molecule has 4 atom stereocenters. The molecule has 4 aromatic carbocycles. The summed E-state index contributed by atoms with van der Waals surface area (Å²) in [7, 11) is 0. The maximum Gasteiger partial charge on any atom is 0.328 e. The number of carboxylic acid groups (broad SMARTS) is 1. The lowest BCUT2D eigenvalue weighted by molar-refractivity contribution is -0.140. The summed E-state index contributed by atoms with van der Waals surface area (Å²) in [5.74, 6) is 1.67. The van der Waals surface area contributed by atoms with Gasteiger partial charge in [0, 0.05) is 22.5 Å². The van der Waals surface area contributed by atoms with Crippen LogP contribution in [0.3, 0.4) is 0 Å². The molecule has 0 unspecified atom stereocenters. The predicted octanol–water partition coefficient (Wildman–Crippen LogP) is 6.27. The molecule has 59 heavy (non-hydrogen) atoms.